The second kappa shape index (κ2) is 10.8. The molecular formula is C28H37FN4O3. The maximum Gasteiger partial charge on any atom is 0.410 e. The van der Waals surface area contributed by atoms with Gasteiger partial charge < -0.3 is 19.4 Å². The summed E-state index contributed by atoms with van der Waals surface area (Å²) in [5, 5.41) is 0. The van der Waals surface area contributed by atoms with Gasteiger partial charge in [-0.1, -0.05) is 6.07 Å². The Morgan fingerprint density at radius 2 is 1.72 bits per heavy atom. The number of pyridine rings is 1. The van der Waals surface area contributed by atoms with Crippen molar-refractivity contribution in [3.63, 3.8) is 0 Å². The first-order valence-corrected chi connectivity index (χ1v) is 12.9. The van der Waals surface area contributed by atoms with E-state index in [1.807, 2.05) is 39.1 Å². The van der Waals surface area contributed by atoms with E-state index in [9.17, 15) is 14.0 Å². The predicted octanol–water partition coefficient (Wildman–Crippen LogP) is 5.39. The molecule has 0 N–H and O–H groups in total. The maximum absolute atomic E-state index is 13.7. The number of hydrogen-bond donors (Lipinski definition) is 0. The lowest BCUT2D eigenvalue weighted by Crippen LogP contribution is -2.45. The molecule has 1 aromatic carbocycles. The van der Waals surface area contributed by atoms with Gasteiger partial charge >= 0.3 is 6.09 Å². The van der Waals surface area contributed by atoms with Crippen LogP contribution in [0, 0.1) is 11.7 Å². The Labute approximate surface area is 213 Å². The predicted molar refractivity (Wildman–Crippen MR) is 138 cm³/mol. The van der Waals surface area contributed by atoms with Crippen LogP contribution in [0.3, 0.4) is 0 Å². The van der Waals surface area contributed by atoms with Crippen LogP contribution in [0.15, 0.2) is 42.6 Å². The Morgan fingerprint density at radius 3 is 2.25 bits per heavy atom. The van der Waals surface area contributed by atoms with Gasteiger partial charge in [-0.15, -0.1) is 0 Å². The first-order valence-electron chi connectivity index (χ1n) is 12.9. The number of aromatic nitrogens is 1. The van der Waals surface area contributed by atoms with Gasteiger partial charge in [0.2, 0.25) is 5.91 Å². The highest BCUT2D eigenvalue weighted by Gasteiger charge is 2.33. The molecule has 0 spiro atoms. The molecule has 1 aliphatic heterocycles. The van der Waals surface area contributed by atoms with Crippen molar-refractivity contribution in [2.24, 2.45) is 5.92 Å². The summed E-state index contributed by atoms with van der Waals surface area (Å²) in [6, 6.07) is 10.6. The molecule has 8 heteroatoms. The Kier molecular flexibility index (Phi) is 7.81. The summed E-state index contributed by atoms with van der Waals surface area (Å²) in [4.78, 5) is 36.5. The average molecular weight is 497 g/mol. The number of carbonyl (C=O) groups is 2. The van der Waals surface area contributed by atoms with Crippen molar-refractivity contribution >= 4 is 23.5 Å². The highest BCUT2D eigenvalue weighted by molar-refractivity contribution is 5.95. The zero-order valence-corrected chi connectivity index (χ0v) is 21.7. The van der Waals surface area contributed by atoms with Crippen molar-refractivity contribution < 1.29 is 18.7 Å². The Morgan fingerprint density at radius 1 is 1.06 bits per heavy atom. The molecule has 7 nitrogen and oxygen atoms in total. The fourth-order valence-electron chi connectivity index (χ4n) is 4.63. The third-order valence-corrected chi connectivity index (χ3v) is 6.67. The van der Waals surface area contributed by atoms with Crippen molar-refractivity contribution in [3.05, 3.63) is 54.0 Å². The lowest BCUT2D eigenvalue weighted by atomic mass is 9.95. The molecule has 36 heavy (non-hydrogen) atoms. The van der Waals surface area contributed by atoms with Crippen LogP contribution in [-0.4, -0.2) is 53.2 Å². The van der Waals surface area contributed by atoms with Crippen molar-refractivity contribution in [1.29, 1.82) is 0 Å². The number of anilines is 2. The van der Waals surface area contributed by atoms with Gasteiger partial charge in [-0.05, 0) is 89.3 Å². The third kappa shape index (κ3) is 6.53. The number of amides is 2. The topological polar surface area (TPSA) is 66.0 Å². The zero-order chi connectivity index (χ0) is 25.9. The third-order valence-electron chi connectivity index (χ3n) is 6.67. The molecule has 194 valence electrons. The van der Waals surface area contributed by atoms with Crippen molar-refractivity contribution in [2.45, 2.75) is 71.6 Å². The van der Waals surface area contributed by atoms with Crippen LogP contribution in [0.1, 0.15) is 58.9 Å². The van der Waals surface area contributed by atoms with E-state index in [-0.39, 0.29) is 23.7 Å². The molecule has 0 atom stereocenters. The van der Waals surface area contributed by atoms with Gasteiger partial charge in [0.15, 0.2) is 0 Å². The summed E-state index contributed by atoms with van der Waals surface area (Å²) < 4.78 is 19.1. The molecule has 2 heterocycles. The van der Waals surface area contributed by atoms with E-state index in [0.717, 1.165) is 17.9 Å². The molecule has 1 aromatic heterocycles. The number of hydrogen-bond acceptors (Lipinski definition) is 5. The van der Waals surface area contributed by atoms with Crippen LogP contribution in [0.25, 0.3) is 0 Å². The number of piperidine rings is 1. The monoisotopic (exact) mass is 496 g/mol. The first kappa shape index (κ1) is 25.9. The molecule has 0 unspecified atom stereocenters. The van der Waals surface area contributed by atoms with Crippen molar-refractivity contribution in [3.8, 4) is 0 Å². The number of ether oxygens (including phenoxy) is 1. The van der Waals surface area contributed by atoms with Gasteiger partial charge in [-0.25, -0.2) is 14.2 Å². The maximum atomic E-state index is 13.7. The molecule has 2 fully saturated rings. The normalized spacial score (nSPS) is 16.5. The highest BCUT2D eigenvalue weighted by Crippen LogP contribution is 2.31. The lowest BCUT2D eigenvalue weighted by molar-refractivity contribution is -0.124. The van der Waals surface area contributed by atoms with E-state index in [4.69, 9.17) is 4.74 Å². The van der Waals surface area contributed by atoms with Gasteiger partial charge in [0.25, 0.3) is 0 Å². The minimum atomic E-state index is -0.556. The van der Waals surface area contributed by atoms with Gasteiger partial charge in [0.05, 0.1) is 6.54 Å². The van der Waals surface area contributed by atoms with Gasteiger partial charge in [-0.2, -0.15) is 0 Å². The Bertz CT molecular complexity index is 1040. The minimum Gasteiger partial charge on any atom is -0.444 e. The molecule has 2 aromatic rings. The largest absolute Gasteiger partial charge is 0.444 e. The van der Waals surface area contributed by atoms with E-state index in [0.29, 0.717) is 44.2 Å². The molecule has 2 aliphatic rings. The molecule has 2 amide bonds. The van der Waals surface area contributed by atoms with Crippen LogP contribution >= 0.6 is 0 Å². The van der Waals surface area contributed by atoms with Crippen LogP contribution in [-0.2, 0) is 16.1 Å². The van der Waals surface area contributed by atoms with Gasteiger partial charge in [0.1, 0.15) is 17.2 Å². The number of rotatable bonds is 7. The SMILES string of the molecule is CCN(c1ccc(CN(C(=O)C2CCN(C(=O)OC(C)(C)C)CC2)c2ccc(F)cc2)cn1)C1CC1. The number of carbonyl (C=O) groups excluding carboxylic acids is 2. The second-order valence-electron chi connectivity index (χ2n) is 10.7. The fourth-order valence-corrected chi connectivity index (χ4v) is 4.63. The summed E-state index contributed by atoms with van der Waals surface area (Å²) in [6.07, 6.45) is 5.00. The number of halogens is 1. The second-order valence-corrected chi connectivity index (χ2v) is 10.7. The van der Waals surface area contributed by atoms with Gasteiger partial charge in [-0.3, -0.25) is 4.79 Å². The minimum absolute atomic E-state index is 0.0253. The number of benzene rings is 1. The molecular weight excluding hydrogens is 459 g/mol. The number of nitrogens with zero attached hydrogens (tertiary/aromatic N) is 4. The van der Waals surface area contributed by atoms with Crippen LogP contribution < -0.4 is 9.80 Å². The van der Waals surface area contributed by atoms with Crippen molar-refractivity contribution in [2.75, 3.05) is 29.4 Å². The molecule has 1 saturated carbocycles. The van der Waals surface area contributed by atoms with E-state index < -0.39 is 5.60 Å². The molecule has 0 bridgehead atoms. The summed E-state index contributed by atoms with van der Waals surface area (Å²) >= 11 is 0. The summed E-state index contributed by atoms with van der Waals surface area (Å²) in [6.45, 7) is 9.86. The summed E-state index contributed by atoms with van der Waals surface area (Å²) in [5.74, 6) is 0.356. The van der Waals surface area contributed by atoms with Crippen LogP contribution in [0.4, 0.5) is 20.7 Å². The zero-order valence-electron chi connectivity index (χ0n) is 21.7. The summed E-state index contributed by atoms with van der Waals surface area (Å²) in [7, 11) is 0. The standard InChI is InChI=1S/C28H37FN4O3/c1-5-32(23-11-12-23)25-13-6-20(18-30-25)19-33(24-9-7-22(29)8-10-24)26(34)21-14-16-31(17-15-21)27(35)36-28(2,3)4/h6-10,13,18,21,23H,5,11-12,14-17,19H2,1-4H3. The average Bonchev–Trinajstić information content (AvgIpc) is 3.68. The Hall–Kier alpha value is -3.16. The highest BCUT2D eigenvalue weighted by atomic mass is 19.1. The molecule has 0 radical (unpaired) electrons. The fraction of sp³-hybridized carbons (Fsp3) is 0.536. The van der Waals surface area contributed by atoms with E-state index in [2.05, 4.69) is 16.8 Å². The molecule has 4 rings (SSSR count). The smallest absolute Gasteiger partial charge is 0.410 e. The number of likely N-dealkylation sites (tertiary alicyclic amines) is 1. The first-order chi connectivity index (χ1) is 17.1. The Balaban J connectivity index is 1.46. The summed E-state index contributed by atoms with van der Waals surface area (Å²) in [5.41, 5.74) is 1.00. The van der Waals surface area contributed by atoms with E-state index in [1.165, 1.54) is 25.0 Å². The van der Waals surface area contributed by atoms with Crippen LogP contribution in [0.2, 0.25) is 0 Å². The molecule has 1 saturated heterocycles. The quantitative estimate of drug-likeness (QED) is 0.514. The van der Waals surface area contributed by atoms with E-state index in [1.54, 1.807) is 21.9 Å². The lowest BCUT2D eigenvalue weighted by Gasteiger charge is -2.35. The van der Waals surface area contributed by atoms with Gasteiger partial charge in [0, 0.05) is 43.5 Å². The van der Waals surface area contributed by atoms with Crippen molar-refractivity contribution in [1.82, 2.24) is 9.88 Å². The van der Waals surface area contributed by atoms with Crippen LogP contribution in [0.5, 0.6) is 0 Å². The molecule has 1 aliphatic carbocycles. The van der Waals surface area contributed by atoms with E-state index >= 15 is 0 Å².